The van der Waals surface area contributed by atoms with E-state index in [2.05, 4.69) is 31.9 Å². The number of alkyl halides is 3. The number of halogens is 5. The van der Waals surface area contributed by atoms with Crippen molar-refractivity contribution in [2.45, 2.75) is 6.18 Å². The van der Waals surface area contributed by atoms with Crippen LogP contribution in [-0.2, 0) is 6.18 Å². The molecule has 120 valence electrons. The van der Waals surface area contributed by atoms with Gasteiger partial charge in [0.25, 0.3) is 0 Å². The van der Waals surface area contributed by atoms with Gasteiger partial charge >= 0.3 is 12.1 Å². The third kappa shape index (κ3) is 4.20. The van der Waals surface area contributed by atoms with Crippen molar-refractivity contribution >= 4 is 43.6 Å². The predicted molar refractivity (Wildman–Crippen MR) is 83.7 cm³/mol. The predicted octanol–water partition coefficient (Wildman–Crippen LogP) is 5.16. The smallest absolute Gasteiger partial charge is 0.416 e. The minimum absolute atomic E-state index is 0.0250. The van der Waals surface area contributed by atoms with Crippen LogP contribution in [0.15, 0.2) is 45.3 Å². The van der Waals surface area contributed by atoms with Gasteiger partial charge in [0.2, 0.25) is 0 Å². The van der Waals surface area contributed by atoms with Gasteiger partial charge in [-0.3, -0.25) is 4.79 Å². The first kappa shape index (κ1) is 17.7. The Morgan fingerprint density at radius 1 is 0.826 bits per heavy atom. The van der Waals surface area contributed by atoms with E-state index in [1.54, 1.807) is 0 Å². The van der Waals surface area contributed by atoms with E-state index in [1.807, 2.05) is 0 Å². The van der Waals surface area contributed by atoms with Gasteiger partial charge in [0, 0.05) is 20.1 Å². The lowest BCUT2D eigenvalue weighted by Crippen LogP contribution is -2.09. The molecule has 8 heteroatoms. The molecule has 1 N–H and O–H groups in total. The number of carbonyl (C=O) groups excluding carboxylic acids is 1. The van der Waals surface area contributed by atoms with Gasteiger partial charge in [-0.1, -0.05) is 31.9 Å². The molecule has 0 amide bonds. The van der Waals surface area contributed by atoms with Crippen molar-refractivity contribution < 1.29 is 27.9 Å². The van der Waals surface area contributed by atoms with Crippen LogP contribution in [0.25, 0.3) is 0 Å². The highest BCUT2D eigenvalue weighted by Crippen LogP contribution is 2.32. The normalized spacial score (nSPS) is 11.3. The van der Waals surface area contributed by atoms with Gasteiger partial charge in [0.15, 0.2) is 5.78 Å². The van der Waals surface area contributed by atoms with E-state index in [1.165, 1.54) is 18.2 Å². The third-order valence-corrected chi connectivity index (χ3v) is 3.81. The van der Waals surface area contributed by atoms with Crippen LogP contribution in [0.1, 0.15) is 31.8 Å². The summed E-state index contributed by atoms with van der Waals surface area (Å²) in [6, 6.07) is 6.60. The van der Waals surface area contributed by atoms with Crippen molar-refractivity contribution in [2.75, 3.05) is 0 Å². The molecule has 0 fully saturated rings. The molecule has 0 aromatic heterocycles. The molecule has 0 aliphatic heterocycles. The van der Waals surface area contributed by atoms with E-state index in [9.17, 15) is 22.8 Å². The number of rotatable bonds is 3. The number of ketones is 1. The van der Waals surface area contributed by atoms with Crippen LogP contribution < -0.4 is 0 Å². The number of benzene rings is 2. The summed E-state index contributed by atoms with van der Waals surface area (Å²) in [4.78, 5) is 23.4. The Kier molecular flexibility index (Phi) is 4.95. The largest absolute Gasteiger partial charge is 0.478 e. The number of carboxylic acids is 1. The first-order valence-corrected chi connectivity index (χ1v) is 7.63. The van der Waals surface area contributed by atoms with Crippen LogP contribution >= 0.6 is 31.9 Å². The van der Waals surface area contributed by atoms with Crippen molar-refractivity contribution in [3.63, 3.8) is 0 Å². The fourth-order valence-electron chi connectivity index (χ4n) is 1.90. The first-order chi connectivity index (χ1) is 10.6. The fraction of sp³-hybridized carbons (Fsp3) is 0.0667. The maximum atomic E-state index is 12.8. The van der Waals surface area contributed by atoms with E-state index >= 15 is 0 Å². The summed E-state index contributed by atoms with van der Waals surface area (Å²) in [7, 11) is 0. The van der Waals surface area contributed by atoms with E-state index < -0.39 is 23.5 Å². The molecule has 0 spiro atoms. The highest BCUT2D eigenvalue weighted by atomic mass is 79.9. The zero-order valence-electron chi connectivity index (χ0n) is 11.1. The van der Waals surface area contributed by atoms with Gasteiger partial charge < -0.3 is 5.11 Å². The first-order valence-electron chi connectivity index (χ1n) is 6.04. The molecule has 0 aliphatic rings. The van der Waals surface area contributed by atoms with Gasteiger partial charge in [-0.15, -0.1) is 0 Å². The van der Waals surface area contributed by atoms with Crippen molar-refractivity contribution in [2.24, 2.45) is 0 Å². The molecule has 0 atom stereocenters. The number of hydrogen-bond donors (Lipinski definition) is 1. The molecule has 0 heterocycles. The number of aromatic carboxylic acids is 1. The quantitative estimate of drug-likeness (QED) is 0.656. The molecular weight excluding hydrogens is 445 g/mol. The van der Waals surface area contributed by atoms with Crippen LogP contribution in [0, 0.1) is 0 Å². The molecule has 0 aliphatic carbocycles. The number of carboxylic acid groups (broad SMARTS) is 1. The SMILES string of the molecule is O=C(O)c1cc(Br)cc(C(=O)c2cc(Br)cc(C(F)(F)F)c2)c1. The van der Waals surface area contributed by atoms with E-state index in [-0.39, 0.29) is 21.2 Å². The Bertz CT molecular complexity index is 801. The molecular formula is C15H7Br2F3O3. The summed E-state index contributed by atoms with van der Waals surface area (Å²) < 4.78 is 38.9. The minimum Gasteiger partial charge on any atom is -0.478 e. The fourth-order valence-corrected chi connectivity index (χ4v) is 2.88. The van der Waals surface area contributed by atoms with E-state index in [0.717, 1.165) is 18.2 Å². The molecule has 0 unspecified atom stereocenters. The highest BCUT2D eigenvalue weighted by molar-refractivity contribution is 9.10. The highest BCUT2D eigenvalue weighted by Gasteiger charge is 2.31. The van der Waals surface area contributed by atoms with E-state index in [0.29, 0.717) is 4.47 Å². The summed E-state index contributed by atoms with van der Waals surface area (Å²) in [5, 5.41) is 8.99. The molecule has 0 bridgehead atoms. The molecule has 0 radical (unpaired) electrons. The van der Waals surface area contributed by atoms with Crippen LogP contribution in [0.2, 0.25) is 0 Å². The Hall–Kier alpha value is -1.67. The van der Waals surface area contributed by atoms with Crippen molar-refractivity contribution in [3.8, 4) is 0 Å². The van der Waals surface area contributed by atoms with Gasteiger partial charge in [0.05, 0.1) is 11.1 Å². The molecule has 0 saturated heterocycles. The molecule has 3 nitrogen and oxygen atoms in total. The zero-order chi connectivity index (χ0) is 17.4. The number of hydrogen-bond acceptors (Lipinski definition) is 2. The zero-order valence-corrected chi connectivity index (χ0v) is 14.3. The Morgan fingerprint density at radius 3 is 1.83 bits per heavy atom. The second-order valence-electron chi connectivity index (χ2n) is 4.59. The average Bonchev–Trinajstić information content (AvgIpc) is 2.44. The van der Waals surface area contributed by atoms with Crippen molar-refractivity contribution in [3.05, 3.63) is 67.6 Å². The Labute approximate surface area is 145 Å². The lowest BCUT2D eigenvalue weighted by atomic mass is 9.99. The number of carbonyl (C=O) groups is 2. The molecule has 2 rings (SSSR count). The molecule has 23 heavy (non-hydrogen) atoms. The van der Waals surface area contributed by atoms with Gasteiger partial charge in [-0.05, 0) is 36.4 Å². The van der Waals surface area contributed by atoms with Crippen LogP contribution in [0.4, 0.5) is 13.2 Å². The maximum absolute atomic E-state index is 12.8. The molecule has 0 saturated carbocycles. The average molecular weight is 452 g/mol. The topological polar surface area (TPSA) is 54.4 Å². The van der Waals surface area contributed by atoms with Crippen LogP contribution in [-0.4, -0.2) is 16.9 Å². The standard InChI is InChI=1S/C15H7Br2F3O3/c16-11-3-7(1-9(5-11)14(22)23)13(21)8-2-10(15(18,19)20)6-12(17)4-8/h1-6H,(H,22,23). The summed E-state index contributed by atoms with van der Waals surface area (Å²) >= 11 is 6.02. The Balaban J connectivity index is 2.53. The molecule has 2 aromatic rings. The lowest BCUT2D eigenvalue weighted by Gasteiger charge is -2.10. The minimum atomic E-state index is -4.59. The second kappa shape index (κ2) is 6.45. The monoisotopic (exact) mass is 450 g/mol. The van der Waals surface area contributed by atoms with E-state index in [4.69, 9.17) is 5.11 Å². The maximum Gasteiger partial charge on any atom is 0.416 e. The van der Waals surface area contributed by atoms with Crippen LogP contribution in [0.3, 0.4) is 0 Å². The summed E-state index contributed by atoms with van der Waals surface area (Å²) in [6.07, 6.45) is -4.59. The van der Waals surface area contributed by atoms with Crippen molar-refractivity contribution in [1.82, 2.24) is 0 Å². The van der Waals surface area contributed by atoms with Crippen molar-refractivity contribution in [1.29, 1.82) is 0 Å². The van der Waals surface area contributed by atoms with Gasteiger partial charge in [0.1, 0.15) is 0 Å². The lowest BCUT2D eigenvalue weighted by molar-refractivity contribution is -0.137. The van der Waals surface area contributed by atoms with Gasteiger partial charge in [-0.2, -0.15) is 13.2 Å². The Morgan fingerprint density at radius 2 is 1.30 bits per heavy atom. The summed E-state index contributed by atoms with van der Waals surface area (Å²) in [5.74, 6) is -1.95. The molecule has 2 aromatic carbocycles. The van der Waals surface area contributed by atoms with Gasteiger partial charge in [-0.25, -0.2) is 4.79 Å². The summed E-state index contributed by atoms with van der Waals surface area (Å²) in [6.45, 7) is 0. The van der Waals surface area contributed by atoms with Crippen LogP contribution in [0.5, 0.6) is 0 Å². The summed E-state index contributed by atoms with van der Waals surface area (Å²) in [5.41, 5.74) is -1.33. The third-order valence-electron chi connectivity index (χ3n) is 2.89. The second-order valence-corrected chi connectivity index (χ2v) is 6.42.